The Balaban J connectivity index is 2.10. The number of rotatable bonds is 6. The normalized spacial score (nSPS) is 10.6. The molecule has 21 heavy (non-hydrogen) atoms. The number of nitro groups is 1. The van der Waals surface area contributed by atoms with E-state index in [1.54, 1.807) is 13.1 Å². The summed E-state index contributed by atoms with van der Waals surface area (Å²) in [6, 6.07) is 6.31. The molecule has 0 saturated heterocycles. The summed E-state index contributed by atoms with van der Waals surface area (Å²) in [6.07, 6.45) is 1.07. The number of hydrogen-bond acceptors (Lipinski definition) is 4. The van der Waals surface area contributed by atoms with E-state index in [1.165, 1.54) is 16.8 Å². The number of hydrogen-bond donors (Lipinski definition) is 1. The predicted molar refractivity (Wildman–Crippen MR) is 77.8 cm³/mol. The highest BCUT2D eigenvalue weighted by molar-refractivity contribution is 5.59. The number of benzene rings is 1. The third-order valence-corrected chi connectivity index (χ3v) is 3.20. The van der Waals surface area contributed by atoms with Gasteiger partial charge in [0.25, 0.3) is 0 Å². The topological polar surface area (TPSA) is 73.0 Å². The zero-order valence-corrected chi connectivity index (χ0v) is 12.0. The maximum Gasteiger partial charge on any atom is 0.333 e. The van der Waals surface area contributed by atoms with Gasteiger partial charge >= 0.3 is 5.69 Å². The summed E-state index contributed by atoms with van der Waals surface area (Å²) in [5.41, 5.74) is 1.30. The summed E-state index contributed by atoms with van der Waals surface area (Å²) in [5, 5.41) is 18.3. The lowest BCUT2D eigenvalue weighted by molar-refractivity contribution is -0.384. The Hall–Kier alpha value is -2.44. The zero-order valence-electron chi connectivity index (χ0n) is 12.0. The first-order chi connectivity index (χ1) is 10.0. The Bertz CT molecular complexity index is 654. The molecule has 112 valence electrons. The van der Waals surface area contributed by atoms with Gasteiger partial charge in [0, 0.05) is 13.6 Å². The fourth-order valence-corrected chi connectivity index (χ4v) is 2.21. The van der Waals surface area contributed by atoms with E-state index in [4.69, 9.17) is 0 Å². The molecule has 1 heterocycles. The smallest absolute Gasteiger partial charge is 0.333 e. The monoisotopic (exact) mass is 292 g/mol. The van der Waals surface area contributed by atoms with Gasteiger partial charge in [-0.1, -0.05) is 19.1 Å². The van der Waals surface area contributed by atoms with Crippen molar-refractivity contribution in [2.45, 2.75) is 19.8 Å². The van der Waals surface area contributed by atoms with Crippen LogP contribution in [0.2, 0.25) is 0 Å². The van der Waals surface area contributed by atoms with Crippen molar-refractivity contribution in [3.63, 3.8) is 0 Å². The number of anilines is 1. The van der Waals surface area contributed by atoms with Gasteiger partial charge in [-0.05, 0) is 30.5 Å². The quantitative estimate of drug-likeness (QED) is 0.656. The van der Waals surface area contributed by atoms with Crippen LogP contribution in [0.25, 0.3) is 0 Å². The SMILES string of the molecule is CCc1nn(C)c(NCCc2cccc(F)c2)c1[N+](=O)[O-]. The van der Waals surface area contributed by atoms with Crippen molar-refractivity contribution in [1.82, 2.24) is 9.78 Å². The highest BCUT2D eigenvalue weighted by Gasteiger charge is 2.25. The minimum Gasteiger partial charge on any atom is -0.364 e. The summed E-state index contributed by atoms with van der Waals surface area (Å²) in [5.74, 6) is 0.0977. The van der Waals surface area contributed by atoms with E-state index < -0.39 is 4.92 Å². The lowest BCUT2D eigenvalue weighted by atomic mass is 10.1. The molecule has 1 N–H and O–H groups in total. The van der Waals surface area contributed by atoms with Gasteiger partial charge in [0.15, 0.2) is 0 Å². The van der Waals surface area contributed by atoms with Crippen LogP contribution in [0.5, 0.6) is 0 Å². The molecule has 0 saturated carbocycles. The number of aromatic nitrogens is 2. The molecule has 0 atom stereocenters. The van der Waals surface area contributed by atoms with Gasteiger partial charge in [0.2, 0.25) is 5.82 Å². The third kappa shape index (κ3) is 3.36. The van der Waals surface area contributed by atoms with Gasteiger partial charge in [-0.25, -0.2) is 9.07 Å². The number of halogens is 1. The van der Waals surface area contributed by atoms with E-state index in [0.29, 0.717) is 30.9 Å². The fraction of sp³-hybridized carbons (Fsp3) is 0.357. The first-order valence-corrected chi connectivity index (χ1v) is 6.71. The van der Waals surface area contributed by atoms with Crippen LogP contribution >= 0.6 is 0 Å². The van der Waals surface area contributed by atoms with Gasteiger partial charge in [0.05, 0.1) is 4.92 Å². The third-order valence-electron chi connectivity index (χ3n) is 3.20. The van der Waals surface area contributed by atoms with Crippen molar-refractivity contribution in [3.05, 3.63) is 51.5 Å². The maximum absolute atomic E-state index is 13.1. The minimum absolute atomic E-state index is 0.0132. The van der Waals surface area contributed by atoms with Crippen molar-refractivity contribution < 1.29 is 9.31 Å². The minimum atomic E-state index is -0.420. The Kier molecular flexibility index (Phi) is 4.52. The maximum atomic E-state index is 13.1. The lowest BCUT2D eigenvalue weighted by Crippen LogP contribution is -2.10. The van der Waals surface area contributed by atoms with E-state index in [9.17, 15) is 14.5 Å². The number of nitrogens with one attached hydrogen (secondary N) is 1. The van der Waals surface area contributed by atoms with Gasteiger partial charge in [-0.15, -0.1) is 0 Å². The molecular weight excluding hydrogens is 275 g/mol. The van der Waals surface area contributed by atoms with Crippen LogP contribution in [0.4, 0.5) is 15.9 Å². The highest BCUT2D eigenvalue weighted by atomic mass is 19.1. The molecule has 1 aromatic carbocycles. The summed E-state index contributed by atoms with van der Waals surface area (Å²) >= 11 is 0. The molecule has 1 aromatic heterocycles. The molecule has 0 fully saturated rings. The number of nitrogens with zero attached hydrogens (tertiary/aromatic N) is 3. The Morgan fingerprint density at radius 1 is 1.48 bits per heavy atom. The Labute approximate surface area is 121 Å². The molecular formula is C14H17FN4O2. The number of aryl methyl sites for hydroxylation is 2. The van der Waals surface area contributed by atoms with Crippen molar-refractivity contribution in [3.8, 4) is 0 Å². The second-order valence-corrected chi connectivity index (χ2v) is 4.68. The molecule has 0 amide bonds. The summed E-state index contributed by atoms with van der Waals surface area (Å²) in [4.78, 5) is 10.7. The van der Waals surface area contributed by atoms with E-state index in [1.807, 2.05) is 13.0 Å². The van der Waals surface area contributed by atoms with Gasteiger partial charge in [-0.2, -0.15) is 5.10 Å². The van der Waals surface area contributed by atoms with Gasteiger partial charge in [0.1, 0.15) is 11.5 Å². The average molecular weight is 292 g/mol. The lowest BCUT2D eigenvalue weighted by Gasteiger charge is -2.06. The fourth-order valence-electron chi connectivity index (χ4n) is 2.21. The first kappa shape index (κ1) is 15.0. The molecule has 0 aliphatic carbocycles. The molecule has 6 nitrogen and oxygen atoms in total. The van der Waals surface area contributed by atoms with Crippen molar-refractivity contribution >= 4 is 11.5 Å². The van der Waals surface area contributed by atoms with Crippen LogP contribution < -0.4 is 5.32 Å². The van der Waals surface area contributed by atoms with Crippen LogP contribution in [0.1, 0.15) is 18.2 Å². The van der Waals surface area contributed by atoms with Crippen LogP contribution in [-0.2, 0) is 19.9 Å². The van der Waals surface area contributed by atoms with E-state index in [2.05, 4.69) is 10.4 Å². The second kappa shape index (κ2) is 6.34. The molecule has 7 heteroatoms. The van der Waals surface area contributed by atoms with E-state index in [-0.39, 0.29) is 11.5 Å². The molecule has 0 aliphatic heterocycles. The first-order valence-electron chi connectivity index (χ1n) is 6.71. The predicted octanol–water partition coefficient (Wildman–Crippen LogP) is 2.68. The largest absolute Gasteiger partial charge is 0.364 e. The Morgan fingerprint density at radius 3 is 2.86 bits per heavy atom. The zero-order chi connectivity index (χ0) is 15.4. The second-order valence-electron chi connectivity index (χ2n) is 4.68. The highest BCUT2D eigenvalue weighted by Crippen LogP contribution is 2.28. The molecule has 0 radical (unpaired) electrons. The molecule has 2 rings (SSSR count). The average Bonchev–Trinajstić information content (AvgIpc) is 2.75. The van der Waals surface area contributed by atoms with Gasteiger partial charge < -0.3 is 5.32 Å². The van der Waals surface area contributed by atoms with Crippen LogP contribution in [0.15, 0.2) is 24.3 Å². The van der Waals surface area contributed by atoms with E-state index in [0.717, 1.165) is 5.56 Å². The summed E-state index contributed by atoms with van der Waals surface area (Å²) in [7, 11) is 1.66. The standard InChI is InChI=1S/C14H17FN4O2/c1-3-12-13(19(20)21)14(18(2)17-12)16-8-7-10-5-4-6-11(15)9-10/h4-6,9,16H,3,7-8H2,1-2H3. The van der Waals surface area contributed by atoms with Crippen molar-refractivity contribution in [2.75, 3.05) is 11.9 Å². The summed E-state index contributed by atoms with van der Waals surface area (Å²) in [6.45, 7) is 2.29. The van der Waals surface area contributed by atoms with Crippen LogP contribution in [-0.4, -0.2) is 21.2 Å². The molecule has 0 spiro atoms. The Morgan fingerprint density at radius 2 is 2.24 bits per heavy atom. The molecule has 2 aromatic rings. The molecule has 0 bridgehead atoms. The van der Waals surface area contributed by atoms with Crippen molar-refractivity contribution in [1.29, 1.82) is 0 Å². The van der Waals surface area contributed by atoms with Gasteiger partial charge in [-0.3, -0.25) is 10.1 Å². The van der Waals surface area contributed by atoms with Crippen LogP contribution in [0.3, 0.4) is 0 Å². The van der Waals surface area contributed by atoms with Crippen LogP contribution in [0, 0.1) is 15.9 Å². The summed E-state index contributed by atoms with van der Waals surface area (Å²) < 4.78 is 14.6. The molecule has 0 unspecified atom stereocenters. The van der Waals surface area contributed by atoms with E-state index >= 15 is 0 Å². The molecule has 0 aliphatic rings. The van der Waals surface area contributed by atoms with Crippen molar-refractivity contribution in [2.24, 2.45) is 7.05 Å².